The number of aryl methyl sites for hydroxylation is 1. The summed E-state index contributed by atoms with van der Waals surface area (Å²) >= 11 is 0. The van der Waals surface area contributed by atoms with Crippen molar-refractivity contribution < 1.29 is 0 Å². The Bertz CT molecular complexity index is 1460. The lowest BCUT2D eigenvalue weighted by Crippen LogP contribution is -1.98. The van der Waals surface area contributed by atoms with Gasteiger partial charge in [-0.25, -0.2) is 19.9 Å². The Morgan fingerprint density at radius 1 is 0.552 bits per heavy atom. The Balaban J connectivity index is 1.67. The minimum absolute atomic E-state index is 0.677. The molecule has 6 rings (SSSR count). The first-order valence-corrected chi connectivity index (χ1v) is 9.43. The summed E-state index contributed by atoms with van der Waals surface area (Å²) in [6, 6.07) is 22.0. The van der Waals surface area contributed by atoms with E-state index in [1.807, 2.05) is 66.7 Å². The standard InChI is InChI=1S/C23H16N6/c1-13-10-11-18-19(12-13)25-21(23-28-16-8-4-5-9-17(16)29-23)20(24-18)22-26-14-6-2-3-7-15(14)27-22/h2-12H,1H3,(H,26,27)(H,28,29). The van der Waals surface area contributed by atoms with Crippen LogP contribution in [0.5, 0.6) is 0 Å². The smallest absolute Gasteiger partial charge is 0.159 e. The number of nitrogens with zero attached hydrogens (tertiary/aromatic N) is 4. The molecule has 3 aromatic carbocycles. The van der Waals surface area contributed by atoms with Gasteiger partial charge in [0, 0.05) is 0 Å². The van der Waals surface area contributed by atoms with Crippen molar-refractivity contribution in [3.63, 3.8) is 0 Å². The van der Waals surface area contributed by atoms with Crippen molar-refractivity contribution in [2.45, 2.75) is 6.92 Å². The number of para-hydroxylation sites is 4. The number of aromatic amines is 2. The number of aromatic nitrogens is 6. The Kier molecular flexibility index (Phi) is 3.28. The van der Waals surface area contributed by atoms with Crippen LogP contribution in [0, 0.1) is 6.92 Å². The molecule has 0 saturated heterocycles. The molecule has 3 aromatic heterocycles. The van der Waals surface area contributed by atoms with Crippen molar-refractivity contribution in [1.29, 1.82) is 0 Å². The molecule has 0 fully saturated rings. The van der Waals surface area contributed by atoms with Crippen LogP contribution < -0.4 is 0 Å². The third kappa shape index (κ3) is 2.57. The molecule has 0 bridgehead atoms. The highest BCUT2D eigenvalue weighted by molar-refractivity contribution is 5.88. The maximum absolute atomic E-state index is 4.93. The molecule has 0 aliphatic heterocycles. The molecule has 0 radical (unpaired) electrons. The van der Waals surface area contributed by atoms with Crippen LogP contribution in [0.25, 0.3) is 56.1 Å². The van der Waals surface area contributed by atoms with E-state index in [0.717, 1.165) is 38.7 Å². The van der Waals surface area contributed by atoms with E-state index in [1.54, 1.807) is 0 Å². The topological polar surface area (TPSA) is 83.1 Å². The van der Waals surface area contributed by atoms with Gasteiger partial charge in [-0.15, -0.1) is 0 Å². The summed E-state index contributed by atoms with van der Waals surface area (Å²) in [4.78, 5) is 26.1. The first-order chi connectivity index (χ1) is 14.2. The average molecular weight is 376 g/mol. The van der Waals surface area contributed by atoms with E-state index in [0.29, 0.717) is 23.0 Å². The minimum atomic E-state index is 0.677. The number of nitrogens with one attached hydrogen (secondary N) is 2. The number of hydrogen-bond acceptors (Lipinski definition) is 4. The van der Waals surface area contributed by atoms with Gasteiger partial charge in [-0.05, 0) is 48.9 Å². The van der Waals surface area contributed by atoms with Crippen LogP contribution in [0.15, 0.2) is 66.7 Å². The van der Waals surface area contributed by atoms with Gasteiger partial charge < -0.3 is 9.97 Å². The summed E-state index contributed by atoms with van der Waals surface area (Å²) in [7, 11) is 0. The van der Waals surface area contributed by atoms with E-state index >= 15 is 0 Å². The van der Waals surface area contributed by atoms with Crippen LogP contribution in [0.1, 0.15) is 5.56 Å². The van der Waals surface area contributed by atoms with Crippen molar-refractivity contribution >= 4 is 33.1 Å². The van der Waals surface area contributed by atoms with Gasteiger partial charge in [-0.3, -0.25) is 0 Å². The highest BCUT2D eigenvalue weighted by atomic mass is 15.0. The molecule has 2 N–H and O–H groups in total. The van der Waals surface area contributed by atoms with Crippen LogP contribution in [-0.4, -0.2) is 29.9 Å². The molecule has 0 saturated carbocycles. The zero-order valence-corrected chi connectivity index (χ0v) is 15.6. The van der Waals surface area contributed by atoms with E-state index in [2.05, 4.69) is 16.9 Å². The van der Waals surface area contributed by atoms with Gasteiger partial charge in [0.05, 0.1) is 33.1 Å². The highest BCUT2D eigenvalue weighted by Gasteiger charge is 2.19. The molecule has 0 unspecified atom stereocenters. The quantitative estimate of drug-likeness (QED) is 0.444. The fourth-order valence-electron chi connectivity index (χ4n) is 3.62. The average Bonchev–Trinajstić information content (AvgIpc) is 3.36. The first-order valence-electron chi connectivity index (χ1n) is 9.43. The summed E-state index contributed by atoms with van der Waals surface area (Å²) in [5.74, 6) is 1.36. The molecule has 0 spiro atoms. The third-order valence-electron chi connectivity index (χ3n) is 5.05. The number of hydrogen-bond donors (Lipinski definition) is 2. The number of rotatable bonds is 2. The fraction of sp³-hybridized carbons (Fsp3) is 0.0435. The molecule has 6 nitrogen and oxygen atoms in total. The zero-order chi connectivity index (χ0) is 19.4. The number of imidazole rings is 2. The lowest BCUT2D eigenvalue weighted by atomic mass is 10.2. The lowest BCUT2D eigenvalue weighted by Gasteiger charge is -2.07. The molecule has 138 valence electrons. The maximum atomic E-state index is 4.93. The van der Waals surface area contributed by atoms with Gasteiger partial charge >= 0.3 is 0 Å². The highest BCUT2D eigenvalue weighted by Crippen LogP contribution is 2.30. The van der Waals surface area contributed by atoms with Crippen molar-refractivity contribution in [2.24, 2.45) is 0 Å². The molecule has 0 amide bonds. The second-order valence-corrected chi connectivity index (χ2v) is 7.12. The van der Waals surface area contributed by atoms with E-state index < -0.39 is 0 Å². The lowest BCUT2D eigenvalue weighted by molar-refractivity contribution is 1.19. The fourth-order valence-corrected chi connectivity index (χ4v) is 3.62. The van der Waals surface area contributed by atoms with Crippen LogP contribution in [0.3, 0.4) is 0 Å². The van der Waals surface area contributed by atoms with Crippen molar-refractivity contribution in [3.8, 4) is 23.0 Å². The molecule has 6 heteroatoms. The molecule has 0 aliphatic rings. The molecule has 3 heterocycles. The second-order valence-electron chi connectivity index (χ2n) is 7.12. The van der Waals surface area contributed by atoms with Gasteiger partial charge in [0.15, 0.2) is 11.6 Å². The van der Waals surface area contributed by atoms with Gasteiger partial charge in [-0.1, -0.05) is 30.3 Å². The van der Waals surface area contributed by atoms with Crippen LogP contribution >= 0.6 is 0 Å². The van der Waals surface area contributed by atoms with E-state index in [1.165, 1.54) is 0 Å². The summed E-state index contributed by atoms with van der Waals surface area (Å²) in [5.41, 5.74) is 7.86. The summed E-state index contributed by atoms with van der Waals surface area (Å²) in [6.45, 7) is 2.05. The van der Waals surface area contributed by atoms with E-state index in [9.17, 15) is 0 Å². The SMILES string of the molecule is Cc1ccc2nc(-c3nc4ccccc4[nH]3)c(-c3nc4ccccc4[nH]3)nc2c1. The zero-order valence-electron chi connectivity index (χ0n) is 15.6. The predicted molar refractivity (Wildman–Crippen MR) is 114 cm³/mol. The monoisotopic (exact) mass is 376 g/mol. The third-order valence-corrected chi connectivity index (χ3v) is 5.05. The first kappa shape index (κ1) is 15.9. The Morgan fingerprint density at radius 3 is 1.69 bits per heavy atom. The van der Waals surface area contributed by atoms with Crippen molar-refractivity contribution in [3.05, 3.63) is 72.3 Å². The number of H-pyrrole nitrogens is 2. The van der Waals surface area contributed by atoms with Gasteiger partial charge in [0.2, 0.25) is 0 Å². The summed E-state index contributed by atoms with van der Waals surface area (Å²) in [6.07, 6.45) is 0. The summed E-state index contributed by atoms with van der Waals surface area (Å²) < 4.78 is 0. The number of benzene rings is 3. The minimum Gasteiger partial charge on any atom is -0.337 e. The predicted octanol–water partition coefficient (Wildman–Crippen LogP) is 5.02. The molecule has 0 atom stereocenters. The Hall–Kier alpha value is -4.06. The molecule has 0 aliphatic carbocycles. The van der Waals surface area contributed by atoms with Crippen molar-refractivity contribution in [1.82, 2.24) is 29.9 Å². The second kappa shape index (κ2) is 5.97. The van der Waals surface area contributed by atoms with E-state index in [-0.39, 0.29) is 0 Å². The molecular weight excluding hydrogens is 360 g/mol. The summed E-state index contributed by atoms with van der Waals surface area (Å²) in [5, 5.41) is 0. The van der Waals surface area contributed by atoms with Gasteiger partial charge in [0.1, 0.15) is 11.4 Å². The Labute approximate surface area is 165 Å². The maximum Gasteiger partial charge on any atom is 0.159 e. The van der Waals surface area contributed by atoms with Crippen LogP contribution in [0.4, 0.5) is 0 Å². The van der Waals surface area contributed by atoms with Gasteiger partial charge in [-0.2, -0.15) is 0 Å². The number of fused-ring (bicyclic) bond motifs is 3. The normalized spacial score (nSPS) is 11.6. The van der Waals surface area contributed by atoms with E-state index in [4.69, 9.17) is 19.9 Å². The molecular formula is C23H16N6. The van der Waals surface area contributed by atoms with Crippen molar-refractivity contribution in [2.75, 3.05) is 0 Å². The molecule has 29 heavy (non-hydrogen) atoms. The van der Waals surface area contributed by atoms with Gasteiger partial charge in [0.25, 0.3) is 0 Å². The Morgan fingerprint density at radius 2 is 1.10 bits per heavy atom. The van der Waals surface area contributed by atoms with Crippen LogP contribution in [-0.2, 0) is 0 Å². The molecule has 6 aromatic rings. The van der Waals surface area contributed by atoms with Crippen LogP contribution in [0.2, 0.25) is 0 Å². The largest absolute Gasteiger partial charge is 0.337 e.